The van der Waals surface area contributed by atoms with E-state index < -0.39 is 0 Å². The number of benzene rings is 7. The summed E-state index contributed by atoms with van der Waals surface area (Å²) in [5, 5.41) is 5.15. The summed E-state index contributed by atoms with van der Waals surface area (Å²) in [7, 11) is 0. The second-order valence-corrected chi connectivity index (χ2v) is 15.7. The molecule has 0 aliphatic heterocycles. The van der Waals surface area contributed by atoms with Crippen LogP contribution in [0.3, 0.4) is 0 Å². The molecular weight excluding hydrogens is 641 g/mol. The van der Waals surface area contributed by atoms with Gasteiger partial charge in [-0.25, -0.2) is 0 Å². The van der Waals surface area contributed by atoms with Gasteiger partial charge in [0.25, 0.3) is 0 Å². The van der Waals surface area contributed by atoms with Crippen molar-refractivity contribution in [3.63, 3.8) is 0 Å². The van der Waals surface area contributed by atoms with Crippen molar-refractivity contribution in [3.05, 3.63) is 192 Å². The van der Waals surface area contributed by atoms with E-state index >= 15 is 0 Å². The van der Waals surface area contributed by atoms with Gasteiger partial charge in [-0.1, -0.05) is 129 Å². The van der Waals surface area contributed by atoms with Crippen LogP contribution in [-0.4, -0.2) is 9.13 Å². The van der Waals surface area contributed by atoms with E-state index in [2.05, 4.69) is 193 Å². The fourth-order valence-corrected chi connectivity index (χ4v) is 10.3. The molecular formula is C51H36N2. The van der Waals surface area contributed by atoms with E-state index in [-0.39, 0.29) is 5.41 Å². The molecule has 0 radical (unpaired) electrons. The van der Waals surface area contributed by atoms with Crippen LogP contribution in [-0.2, 0) is 5.41 Å². The van der Waals surface area contributed by atoms with Crippen LogP contribution in [0, 0.1) is 0 Å². The molecule has 0 fully saturated rings. The SMILES string of the molecule is CC1(C)c2ccccc2-c2cc3c4cc5c(cc4n(-c4cccc(-n6c7ccccc7c7ccccc76)c4)c3cc21)C1C=CC=CC1c1ccccc1-5. The molecule has 2 atom stereocenters. The number of hydrogen-bond acceptors (Lipinski definition) is 0. The summed E-state index contributed by atoms with van der Waals surface area (Å²) >= 11 is 0. The van der Waals surface area contributed by atoms with Gasteiger partial charge in [0, 0.05) is 50.2 Å². The molecule has 53 heavy (non-hydrogen) atoms. The van der Waals surface area contributed by atoms with E-state index in [0.717, 1.165) is 5.69 Å². The van der Waals surface area contributed by atoms with Gasteiger partial charge in [0.15, 0.2) is 0 Å². The van der Waals surface area contributed by atoms with Crippen LogP contribution in [0.15, 0.2) is 170 Å². The van der Waals surface area contributed by atoms with Crippen LogP contribution in [0.4, 0.5) is 0 Å². The highest BCUT2D eigenvalue weighted by atomic mass is 15.0. The summed E-state index contributed by atoms with van der Waals surface area (Å²) in [4.78, 5) is 0. The summed E-state index contributed by atoms with van der Waals surface area (Å²) in [6.45, 7) is 4.77. The number of hydrogen-bond donors (Lipinski definition) is 0. The topological polar surface area (TPSA) is 9.86 Å². The van der Waals surface area contributed by atoms with Gasteiger partial charge in [0.2, 0.25) is 0 Å². The van der Waals surface area contributed by atoms with Gasteiger partial charge in [0.1, 0.15) is 0 Å². The minimum atomic E-state index is -0.100. The minimum Gasteiger partial charge on any atom is -0.309 e. The first-order valence-electron chi connectivity index (χ1n) is 18.9. The largest absolute Gasteiger partial charge is 0.309 e. The third-order valence-corrected chi connectivity index (χ3v) is 12.7. The standard InChI is InChI=1S/C51H36N2/c1-51(2)45-23-10-7-20-37(45)42-28-44-43-27-40-35-18-5-3-16-33(35)34-17-4-6-19-36(34)41(40)29-49(43)53(50(44)30-46(42)51)32-15-13-14-31(26-32)52-47-24-11-8-21-38(47)39-22-9-12-25-48(39)52/h3-30,34,36H,1-2H3. The smallest absolute Gasteiger partial charge is 0.0544 e. The number of rotatable bonds is 2. The molecule has 2 nitrogen and oxygen atoms in total. The normalized spacial score (nSPS) is 17.6. The van der Waals surface area contributed by atoms with Gasteiger partial charge in [-0.3, -0.25) is 0 Å². The maximum atomic E-state index is 2.56. The molecule has 3 aliphatic carbocycles. The molecule has 2 aromatic heterocycles. The van der Waals surface area contributed by atoms with Crippen LogP contribution in [0.2, 0.25) is 0 Å². The van der Waals surface area contributed by atoms with Crippen molar-refractivity contribution in [2.45, 2.75) is 31.1 Å². The summed E-state index contributed by atoms with van der Waals surface area (Å²) in [5.74, 6) is 0.624. The Morgan fingerprint density at radius 1 is 0.396 bits per heavy atom. The van der Waals surface area contributed by atoms with Crippen molar-refractivity contribution in [2.24, 2.45) is 0 Å². The van der Waals surface area contributed by atoms with Crippen LogP contribution < -0.4 is 0 Å². The van der Waals surface area contributed by atoms with E-state index in [0.29, 0.717) is 11.8 Å². The lowest BCUT2D eigenvalue weighted by Gasteiger charge is -2.34. The number of nitrogens with zero attached hydrogens (tertiary/aromatic N) is 2. The molecule has 250 valence electrons. The Morgan fingerprint density at radius 2 is 0.962 bits per heavy atom. The lowest BCUT2D eigenvalue weighted by molar-refractivity contribution is 0.661. The molecule has 0 bridgehead atoms. The molecule has 0 spiro atoms. The van der Waals surface area contributed by atoms with Gasteiger partial charge in [-0.2, -0.15) is 0 Å². The van der Waals surface area contributed by atoms with Crippen LogP contribution in [0.1, 0.15) is 47.9 Å². The Kier molecular flexibility index (Phi) is 5.71. The zero-order valence-electron chi connectivity index (χ0n) is 29.7. The number of allylic oxidation sites excluding steroid dienone is 4. The molecule has 9 aromatic rings. The van der Waals surface area contributed by atoms with E-state index in [1.54, 1.807) is 0 Å². The van der Waals surface area contributed by atoms with Gasteiger partial charge in [-0.05, 0) is 99.1 Å². The fraction of sp³-hybridized carbons (Fsp3) is 0.0980. The highest BCUT2D eigenvalue weighted by molar-refractivity contribution is 6.14. The fourth-order valence-electron chi connectivity index (χ4n) is 10.3. The number of para-hydroxylation sites is 2. The van der Waals surface area contributed by atoms with E-state index in [4.69, 9.17) is 0 Å². The van der Waals surface area contributed by atoms with Gasteiger partial charge < -0.3 is 9.13 Å². The lowest BCUT2D eigenvalue weighted by atomic mass is 9.70. The van der Waals surface area contributed by atoms with Crippen molar-refractivity contribution in [3.8, 4) is 33.6 Å². The quantitative estimate of drug-likeness (QED) is 0.172. The summed E-state index contributed by atoms with van der Waals surface area (Å²) in [5.41, 5.74) is 18.2. The first-order valence-corrected chi connectivity index (χ1v) is 18.9. The molecule has 0 saturated carbocycles. The average Bonchev–Trinajstić information content (AvgIpc) is 3.79. The van der Waals surface area contributed by atoms with E-state index in [1.807, 2.05) is 0 Å². The zero-order valence-corrected chi connectivity index (χ0v) is 29.7. The summed E-state index contributed by atoms with van der Waals surface area (Å²) in [6.07, 6.45) is 9.26. The van der Waals surface area contributed by atoms with E-state index in [1.165, 1.54) is 93.8 Å². The average molecular weight is 677 g/mol. The van der Waals surface area contributed by atoms with Crippen LogP contribution >= 0.6 is 0 Å². The van der Waals surface area contributed by atoms with Gasteiger partial charge in [0.05, 0.1) is 22.1 Å². The third kappa shape index (κ3) is 3.83. The second kappa shape index (κ2) is 10.4. The summed E-state index contributed by atoms with van der Waals surface area (Å²) in [6, 6.07) is 54.9. The first kappa shape index (κ1) is 29.2. The Hall–Kier alpha value is -6.38. The number of fused-ring (bicyclic) bond motifs is 15. The Balaban J connectivity index is 1.19. The molecule has 7 aromatic carbocycles. The Bertz CT molecular complexity index is 3050. The molecule has 2 heterocycles. The minimum absolute atomic E-state index is 0.100. The van der Waals surface area contributed by atoms with Crippen LogP contribution in [0.25, 0.3) is 77.2 Å². The maximum absolute atomic E-state index is 2.56. The van der Waals surface area contributed by atoms with Crippen molar-refractivity contribution in [1.82, 2.24) is 9.13 Å². The lowest BCUT2D eigenvalue weighted by Crippen LogP contribution is -2.16. The van der Waals surface area contributed by atoms with Crippen LogP contribution in [0.5, 0.6) is 0 Å². The molecule has 0 N–H and O–H groups in total. The summed E-state index contributed by atoms with van der Waals surface area (Å²) < 4.78 is 4.99. The molecule has 0 amide bonds. The monoisotopic (exact) mass is 676 g/mol. The number of aromatic nitrogens is 2. The van der Waals surface area contributed by atoms with Crippen molar-refractivity contribution in [2.75, 3.05) is 0 Å². The highest BCUT2D eigenvalue weighted by Crippen LogP contribution is 2.54. The van der Waals surface area contributed by atoms with E-state index in [9.17, 15) is 0 Å². The first-order chi connectivity index (χ1) is 26.1. The Labute approximate surface area is 308 Å². The molecule has 0 saturated heterocycles. The van der Waals surface area contributed by atoms with Crippen molar-refractivity contribution < 1.29 is 0 Å². The molecule has 2 unspecified atom stereocenters. The molecule has 2 heteroatoms. The molecule has 3 aliphatic rings. The third-order valence-electron chi connectivity index (χ3n) is 12.7. The maximum Gasteiger partial charge on any atom is 0.0544 e. The van der Waals surface area contributed by atoms with Gasteiger partial charge >= 0.3 is 0 Å². The Morgan fingerprint density at radius 3 is 1.70 bits per heavy atom. The van der Waals surface area contributed by atoms with Crippen molar-refractivity contribution in [1.29, 1.82) is 0 Å². The van der Waals surface area contributed by atoms with Gasteiger partial charge in [-0.15, -0.1) is 0 Å². The predicted molar refractivity (Wildman–Crippen MR) is 222 cm³/mol. The second-order valence-electron chi connectivity index (χ2n) is 15.7. The molecule has 12 rings (SSSR count). The highest BCUT2D eigenvalue weighted by Gasteiger charge is 2.37. The zero-order chi connectivity index (χ0) is 35.0. The van der Waals surface area contributed by atoms with Crippen molar-refractivity contribution >= 4 is 43.6 Å². The predicted octanol–water partition coefficient (Wildman–Crippen LogP) is 13.2.